The van der Waals surface area contributed by atoms with E-state index < -0.39 is 0 Å². The SMILES string of the molecule is CN=C(NCc1cnc(C)s1)NCC1(c2cccc(Cl)c2)CC1.I. The lowest BCUT2D eigenvalue weighted by molar-refractivity contribution is 0.646. The highest BCUT2D eigenvalue weighted by Crippen LogP contribution is 2.48. The van der Waals surface area contributed by atoms with Crippen molar-refractivity contribution in [2.24, 2.45) is 4.99 Å². The number of thiazole rings is 1. The molecule has 130 valence electrons. The molecule has 1 aliphatic carbocycles. The van der Waals surface area contributed by atoms with Crippen LogP contribution in [-0.2, 0) is 12.0 Å². The second kappa shape index (κ2) is 8.49. The van der Waals surface area contributed by atoms with Crippen LogP contribution in [0.25, 0.3) is 0 Å². The molecule has 1 saturated carbocycles. The summed E-state index contributed by atoms with van der Waals surface area (Å²) in [6, 6.07) is 8.19. The maximum Gasteiger partial charge on any atom is 0.191 e. The van der Waals surface area contributed by atoms with Gasteiger partial charge in [-0.3, -0.25) is 4.99 Å². The molecule has 0 amide bonds. The summed E-state index contributed by atoms with van der Waals surface area (Å²) >= 11 is 7.83. The third kappa shape index (κ3) is 4.83. The van der Waals surface area contributed by atoms with Crippen molar-refractivity contribution in [3.63, 3.8) is 0 Å². The molecule has 0 atom stereocenters. The average Bonchev–Trinajstić information content (AvgIpc) is 3.23. The van der Waals surface area contributed by atoms with Crippen molar-refractivity contribution in [3.05, 3.63) is 50.9 Å². The van der Waals surface area contributed by atoms with E-state index in [1.165, 1.54) is 23.3 Å². The fourth-order valence-electron chi connectivity index (χ4n) is 2.67. The Kier molecular flexibility index (Phi) is 6.88. The van der Waals surface area contributed by atoms with Crippen molar-refractivity contribution in [2.45, 2.75) is 31.7 Å². The number of guanidine groups is 1. The second-order valence-corrected chi connectivity index (χ2v) is 7.67. The number of hydrogen-bond acceptors (Lipinski definition) is 3. The number of rotatable bonds is 5. The van der Waals surface area contributed by atoms with Gasteiger partial charge in [0.25, 0.3) is 0 Å². The van der Waals surface area contributed by atoms with Gasteiger partial charge in [-0.2, -0.15) is 0 Å². The monoisotopic (exact) mass is 476 g/mol. The summed E-state index contributed by atoms with van der Waals surface area (Å²) in [6.07, 6.45) is 4.28. The van der Waals surface area contributed by atoms with Gasteiger partial charge in [0.15, 0.2) is 5.96 Å². The van der Waals surface area contributed by atoms with Gasteiger partial charge < -0.3 is 10.6 Å². The Bertz CT molecular complexity index is 712. The average molecular weight is 477 g/mol. The van der Waals surface area contributed by atoms with Crippen molar-refractivity contribution < 1.29 is 0 Å². The van der Waals surface area contributed by atoms with Gasteiger partial charge in [-0.15, -0.1) is 35.3 Å². The highest BCUT2D eigenvalue weighted by molar-refractivity contribution is 14.0. The number of nitrogens with one attached hydrogen (secondary N) is 2. The number of aryl methyl sites for hydroxylation is 1. The summed E-state index contributed by atoms with van der Waals surface area (Å²) in [5.74, 6) is 0.823. The first-order valence-corrected chi connectivity index (χ1v) is 8.93. The third-order valence-electron chi connectivity index (χ3n) is 4.21. The Morgan fingerprint density at radius 1 is 1.38 bits per heavy atom. The first-order chi connectivity index (χ1) is 11.1. The van der Waals surface area contributed by atoms with E-state index in [1.807, 2.05) is 25.3 Å². The summed E-state index contributed by atoms with van der Waals surface area (Å²) in [5, 5.41) is 8.68. The minimum absolute atomic E-state index is 0. The summed E-state index contributed by atoms with van der Waals surface area (Å²) in [5.41, 5.74) is 1.51. The minimum atomic E-state index is 0. The smallest absolute Gasteiger partial charge is 0.191 e. The van der Waals surface area contributed by atoms with Crippen LogP contribution in [0.5, 0.6) is 0 Å². The Labute approximate surface area is 169 Å². The molecule has 0 saturated heterocycles. The summed E-state index contributed by atoms with van der Waals surface area (Å²) in [6.45, 7) is 3.63. The lowest BCUT2D eigenvalue weighted by atomic mass is 9.96. The maximum atomic E-state index is 6.13. The van der Waals surface area contributed by atoms with Crippen LogP contribution in [0.15, 0.2) is 35.5 Å². The van der Waals surface area contributed by atoms with Crippen LogP contribution < -0.4 is 10.6 Å². The predicted molar refractivity (Wildman–Crippen MR) is 113 cm³/mol. The molecular weight excluding hydrogens is 455 g/mol. The molecule has 2 aromatic rings. The summed E-state index contributed by atoms with van der Waals surface area (Å²) in [7, 11) is 1.80. The molecule has 0 aliphatic heterocycles. The van der Waals surface area contributed by atoms with Gasteiger partial charge in [0.2, 0.25) is 0 Å². The van der Waals surface area contributed by atoms with Crippen molar-refractivity contribution in [2.75, 3.05) is 13.6 Å². The van der Waals surface area contributed by atoms with Crippen LogP contribution in [0.1, 0.15) is 28.3 Å². The molecule has 1 fully saturated rings. The lowest BCUT2D eigenvalue weighted by Gasteiger charge is -2.19. The Balaban J connectivity index is 0.00000208. The van der Waals surface area contributed by atoms with Crippen molar-refractivity contribution in [1.82, 2.24) is 15.6 Å². The van der Waals surface area contributed by atoms with E-state index >= 15 is 0 Å². The molecule has 4 nitrogen and oxygen atoms in total. The number of nitrogens with zero attached hydrogens (tertiary/aromatic N) is 2. The predicted octanol–water partition coefficient (Wildman–Crippen LogP) is 4.12. The van der Waals surface area contributed by atoms with E-state index in [1.54, 1.807) is 18.4 Å². The highest BCUT2D eigenvalue weighted by atomic mass is 127. The van der Waals surface area contributed by atoms with E-state index in [-0.39, 0.29) is 29.4 Å². The number of hydrogen-bond donors (Lipinski definition) is 2. The fourth-order valence-corrected chi connectivity index (χ4v) is 3.59. The number of halogens is 2. The molecule has 0 spiro atoms. The minimum Gasteiger partial charge on any atom is -0.356 e. The van der Waals surface area contributed by atoms with Crippen LogP contribution in [-0.4, -0.2) is 24.5 Å². The van der Waals surface area contributed by atoms with Gasteiger partial charge in [-0.1, -0.05) is 23.7 Å². The number of aromatic nitrogens is 1. The molecular formula is C17H22ClIN4S. The Hall–Kier alpha value is -0.860. The second-order valence-electron chi connectivity index (χ2n) is 5.92. The van der Waals surface area contributed by atoms with E-state index in [9.17, 15) is 0 Å². The third-order valence-corrected chi connectivity index (χ3v) is 5.36. The standard InChI is InChI=1S/C17H21ClN4S.HI/c1-12-20-9-15(23-12)10-21-16(19-2)22-11-17(6-7-17)13-4-3-5-14(18)8-13;/h3-5,8-9H,6-7,10-11H2,1-2H3,(H2,19,21,22);1H. The molecule has 1 aromatic carbocycles. The van der Waals surface area contributed by atoms with Gasteiger partial charge in [-0.25, -0.2) is 4.98 Å². The van der Waals surface area contributed by atoms with E-state index in [2.05, 4.69) is 32.7 Å². The van der Waals surface area contributed by atoms with Gasteiger partial charge in [0, 0.05) is 35.1 Å². The number of benzene rings is 1. The molecule has 0 radical (unpaired) electrons. The molecule has 24 heavy (non-hydrogen) atoms. The van der Waals surface area contributed by atoms with E-state index in [0.29, 0.717) is 0 Å². The molecule has 1 heterocycles. The zero-order valence-electron chi connectivity index (χ0n) is 13.8. The first kappa shape index (κ1) is 19.5. The van der Waals surface area contributed by atoms with Crippen LogP contribution >= 0.6 is 46.9 Å². The van der Waals surface area contributed by atoms with Crippen molar-refractivity contribution in [3.8, 4) is 0 Å². The quantitative estimate of drug-likeness (QED) is 0.388. The van der Waals surface area contributed by atoms with Crippen molar-refractivity contribution >= 4 is 52.9 Å². The molecule has 1 aromatic heterocycles. The van der Waals surface area contributed by atoms with E-state index in [4.69, 9.17) is 11.6 Å². The van der Waals surface area contributed by atoms with Gasteiger partial charge in [0.1, 0.15) is 0 Å². The van der Waals surface area contributed by atoms with Crippen LogP contribution in [0.4, 0.5) is 0 Å². The summed E-state index contributed by atoms with van der Waals surface area (Å²) < 4.78 is 0. The molecule has 1 aliphatic rings. The fraction of sp³-hybridized carbons (Fsp3) is 0.412. The molecule has 0 bridgehead atoms. The largest absolute Gasteiger partial charge is 0.356 e. The van der Waals surface area contributed by atoms with Gasteiger partial charge in [0.05, 0.1) is 11.6 Å². The van der Waals surface area contributed by atoms with Crippen LogP contribution in [0, 0.1) is 6.92 Å². The summed E-state index contributed by atoms with van der Waals surface area (Å²) in [4.78, 5) is 9.78. The molecule has 2 N–H and O–H groups in total. The Morgan fingerprint density at radius 2 is 2.17 bits per heavy atom. The Morgan fingerprint density at radius 3 is 2.75 bits per heavy atom. The topological polar surface area (TPSA) is 49.3 Å². The molecule has 3 rings (SSSR count). The molecule has 0 unspecified atom stereocenters. The van der Waals surface area contributed by atoms with Crippen molar-refractivity contribution in [1.29, 1.82) is 0 Å². The maximum absolute atomic E-state index is 6.13. The molecule has 7 heteroatoms. The highest BCUT2D eigenvalue weighted by Gasteiger charge is 2.44. The van der Waals surface area contributed by atoms with Crippen LogP contribution in [0.2, 0.25) is 5.02 Å². The van der Waals surface area contributed by atoms with Gasteiger partial charge >= 0.3 is 0 Å². The van der Waals surface area contributed by atoms with Gasteiger partial charge in [-0.05, 0) is 37.5 Å². The lowest BCUT2D eigenvalue weighted by Crippen LogP contribution is -2.40. The normalized spacial score (nSPS) is 15.5. The van der Waals surface area contributed by atoms with Crippen LogP contribution in [0.3, 0.4) is 0 Å². The zero-order valence-corrected chi connectivity index (χ0v) is 17.7. The first-order valence-electron chi connectivity index (χ1n) is 7.73. The number of aliphatic imine (C=N–C) groups is 1. The van der Waals surface area contributed by atoms with E-state index in [0.717, 1.165) is 29.1 Å². The zero-order chi connectivity index (χ0) is 16.3.